The molecule has 1 N–H and O–H groups in total. The molecule has 1 saturated heterocycles. The van der Waals surface area contributed by atoms with Gasteiger partial charge in [0.25, 0.3) is 0 Å². The van der Waals surface area contributed by atoms with Crippen molar-refractivity contribution in [3.63, 3.8) is 0 Å². The van der Waals surface area contributed by atoms with Crippen molar-refractivity contribution in [3.8, 4) is 0 Å². The van der Waals surface area contributed by atoms with E-state index in [1.165, 1.54) is 0 Å². The monoisotopic (exact) mass is 363 g/mol. The van der Waals surface area contributed by atoms with Gasteiger partial charge < -0.3 is 5.11 Å². The van der Waals surface area contributed by atoms with Gasteiger partial charge in [0.2, 0.25) is 10.0 Å². The quantitative estimate of drug-likeness (QED) is 0.896. The molecule has 5 nitrogen and oxygen atoms in total. The molecule has 0 unspecified atom stereocenters. The van der Waals surface area contributed by atoms with E-state index >= 15 is 0 Å². The first-order chi connectivity index (χ1) is 11.1. The lowest BCUT2D eigenvalue weighted by atomic mass is 9.81. The summed E-state index contributed by atoms with van der Waals surface area (Å²) in [7, 11) is -4.01. The van der Waals surface area contributed by atoms with Crippen LogP contribution in [0.25, 0.3) is 0 Å². The van der Waals surface area contributed by atoms with Crippen molar-refractivity contribution >= 4 is 16.0 Å². The molecule has 1 aliphatic carbocycles. The van der Waals surface area contributed by atoms with Crippen molar-refractivity contribution in [1.29, 1.82) is 0 Å². The van der Waals surface area contributed by atoms with Gasteiger partial charge in [-0.3, -0.25) is 4.79 Å². The maximum Gasteiger partial charge on any atom is 0.416 e. The number of aliphatic carboxylic acids is 1. The second-order valence-electron chi connectivity index (χ2n) is 6.37. The first-order valence-corrected chi connectivity index (χ1v) is 8.92. The lowest BCUT2D eigenvalue weighted by Crippen LogP contribution is -2.37. The van der Waals surface area contributed by atoms with Crippen molar-refractivity contribution in [2.45, 2.75) is 30.3 Å². The molecule has 132 valence electrons. The Labute approximate surface area is 137 Å². The minimum atomic E-state index is -4.54. The summed E-state index contributed by atoms with van der Waals surface area (Å²) in [5, 5.41) is 9.51. The topological polar surface area (TPSA) is 74.7 Å². The average molecular weight is 363 g/mol. The molecule has 1 aromatic rings. The van der Waals surface area contributed by atoms with E-state index in [1.807, 2.05) is 0 Å². The normalized spacial score (nSPS) is 28.0. The summed E-state index contributed by atoms with van der Waals surface area (Å²) in [6.45, 7) is -0.0357. The lowest BCUT2D eigenvalue weighted by Gasteiger charge is -2.23. The van der Waals surface area contributed by atoms with Crippen LogP contribution in [-0.2, 0) is 21.0 Å². The lowest BCUT2D eigenvalue weighted by molar-refractivity contribution is -0.149. The Morgan fingerprint density at radius 2 is 1.88 bits per heavy atom. The first kappa shape index (κ1) is 17.2. The van der Waals surface area contributed by atoms with Crippen LogP contribution < -0.4 is 0 Å². The molecule has 0 bridgehead atoms. The van der Waals surface area contributed by atoms with Gasteiger partial charge in [-0.25, -0.2) is 8.42 Å². The highest BCUT2D eigenvalue weighted by molar-refractivity contribution is 7.89. The highest BCUT2D eigenvalue weighted by Crippen LogP contribution is 2.50. The number of hydrogen-bond acceptors (Lipinski definition) is 3. The summed E-state index contributed by atoms with van der Waals surface area (Å²) in [6.07, 6.45) is -2.73. The second-order valence-corrected chi connectivity index (χ2v) is 8.31. The molecular formula is C15H16F3NO4S. The van der Waals surface area contributed by atoms with Crippen LogP contribution in [0.4, 0.5) is 13.2 Å². The number of carboxylic acids is 1. The number of benzene rings is 1. The maximum atomic E-state index is 12.6. The van der Waals surface area contributed by atoms with Crippen LogP contribution in [-0.4, -0.2) is 36.9 Å². The van der Waals surface area contributed by atoms with E-state index in [2.05, 4.69) is 0 Å². The molecule has 3 rings (SSSR count). The van der Waals surface area contributed by atoms with Gasteiger partial charge in [-0.15, -0.1) is 0 Å². The predicted octanol–water partition coefficient (Wildman–Crippen LogP) is 2.58. The van der Waals surface area contributed by atoms with Gasteiger partial charge in [0, 0.05) is 13.1 Å². The SMILES string of the molecule is O=C(O)[C@@]12CCC[C@H]1CN(S(=O)(=O)c1ccc(C(F)(F)F)cc1)C2. The minimum absolute atomic E-state index is 0.0929. The van der Waals surface area contributed by atoms with Crippen molar-refractivity contribution in [3.05, 3.63) is 29.8 Å². The Morgan fingerprint density at radius 1 is 1.25 bits per heavy atom. The van der Waals surface area contributed by atoms with E-state index in [0.29, 0.717) is 12.8 Å². The number of nitrogens with zero attached hydrogens (tertiary/aromatic N) is 1. The van der Waals surface area contributed by atoms with E-state index < -0.39 is 33.1 Å². The number of alkyl halides is 3. The third kappa shape index (κ3) is 2.59. The molecule has 1 aromatic carbocycles. The second kappa shape index (κ2) is 5.45. The van der Waals surface area contributed by atoms with Gasteiger partial charge in [-0.1, -0.05) is 6.42 Å². The number of hydrogen-bond donors (Lipinski definition) is 1. The van der Waals surface area contributed by atoms with Crippen molar-refractivity contribution < 1.29 is 31.5 Å². The van der Waals surface area contributed by atoms with E-state index in [-0.39, 0.29) is 23.9 Å². The fraction of sp³-hybridized carbons (Fsp3) is 0.533. The predicted molar refractivity (Wildman–Crippen MR) is 77.6 cm³/mol. The van der Waals surface area contributed by atoms with E-state index in [0.717, 1.165) is 35.0 Å². The zero-order valence-electron chi connectivity index (χ0n) is 12.6. The number of fused-ring (bicyclic) bond motifs is 1. The van der Waals surface area contributed by atoms with E-state index in [1.54, 1.807) is 0 Å². The number of sulfonamides is 1. The molecular weight excluding hydrogens is 347 g/mol. The van der Waals surface area contributed by atoms with Crippen molar-refractivity contribution in [2.24, 2.45) is 11.3 Å². The number of rotatable bonds is 3. The molecule has 0 radical (unpaired) electrons. The summed E-state index contributed by atoms with van der Waals surface area (Å²) >= 11 is 0. The van der Waals surface area contributed by atoms with Crippen molar-refractivity contribution in [2.75, 3.05) is 13.1 Å². The smallest absolute Gasteiger partial charge is 0.416 e. The molecule has 1 heterocycles. The van der Waals surface area contributed by atoms with Crippen LogP contribution in [0.15, 0.2) is 29.2 Å². The Kier molecular flexibility index (Phi) is 3.91. The van der Waals surface area contributed by atoms with Crippen LogP contribution in [0.1, 0.15) is 24.8 Å². The molecule has 24 heavy (non-hydrogen) atoms. The zero-order valence-corrected chi connectivity index (χ0v) is 13.4. The molecule has 2 atom stereocenters. The van der Waals surface area contributed by atoms with Gasteiger partial charge in [-0.2, -0.15) is 17.5 Å². The van der Waals surface area contributed by atoms with Crippen LogP contribution in [0, 0.1) is 11.3 Å². The third-order valence-electron chi connectivity index (χ3n) is 5.08. The summed E-state index contributed by atoms with van der Waals surface area (Å²) in [5.41, 5.74) is -2.00. The van der Waals surface area contributed by atoms with Gasteiger partial charge in [0.1, 0.15) is 0 Å². The number of carboxylic acid groups (broad SMARTS) is 1. The Bertz CT molecular complexity index is 760. The molecule has 0 spiro atoms. The minimum Gasteiger partial charge on any atom is -0.481 e. The van der Waals surface area contributed by atoms with Crippen LogP contribution >= 0.6 is 0 Å². The molecule has 1 saturated carbocycles. The standard InChI is InChI=1S/C15H16F3NO4S/c16-15(17,18)10-3-5-12(6-4-10)24(22,23)19-8-11-2-1-7-14(11,9-19)13(20)21/h3-6,11H,1-2,7-9H2,(H,20,21)/t11-,14+/m0/s1. The Balaban J connectivity index is 1.88. The third-order valence-corrected chi connectivity index (χ3v) is 6.91. The molecule has 2 fully saturated rings. The summed E-state index contributed by atoms with van der Waals surface area (Å²) < 4.78 is 64.1. The Hall–Kier alpha value is -1.61. The van der Waals surface area contributed by atoms with E-state index in [4.69, 9.17) is 0 Å². The van der Waals surface area contributed by atoms with Crippen LogP contribution in [0.3, 0.4) is 0 Å². The molecule has 0 amide bonds. The van der Waals surface area contributed by atoms with Gasteiger partial charge >= 0.3 is 12.1 Å². The van der Waals surface area contributed by atoms with Crippen LogP contribution in [0.5, 0.6) is 0 Å². The number of halogens is 3. The first-order valence-electron chi connectivity index (χ1n) is 7.48. The Morgan fingerprint density at radius 3 is 2.38 bits per heavy atom. The highest BCUT2D eigenvalue weighted by Gasteiger charge is 2.57. The fourth-order valence-electron chi connectivity index (χ4n) is 3.74. The van der Waals surface area contributed by atoms with E-state index in [9.17, 15) is 31.5 Å². The van der Waals surface area contributed by atoms with Crippen LogP contribution in [0.2, 0.25) is 0 Å². The largest absolute Gasteiger partial charge is 0.481 e. The highest BCUT2D eigenvalue weighted by atomic mass is 32.2. The fourth-order valence-corrected chi connectivity index (χ4v) is 5.30. The zero-order chi connectivity index (χ0) is 17.8. The number of carbonyl (C=O) groups is 1. The average Bonchev–Trinajstić information content (AvgIpc) is 3.04. The summed E-state index contributed by atoms with van der Waals surface area (Å²) in [6, 6.07) is 3.27. The molecule has 2 aliphatic rings. The van der Waals surface area contributed by atoms with Gasteiger partial charge in [-0.05, 0) is 43.0 Å². The van der Waals surface area contributed by atoms with Gasteiger partial charge in [0.15, 0.2) is 0 Å². The summed E-state index contributed by atoms with van der Waals surface area (Å²) in [5.74, 6) is -1.26. The van der Waals surface area contributed by atoms with Gasteiger partial charge in [0.05, 0.1) is 15.9 Å². The van der Waals surface area contributed by atoms with Crippen molar-refractivity contribution in [1.82, 2.24) is 4.31 Å². The molecule has 9 heteroatoms. The summed E-state index contributed by atoms with van der Waals surface area (Å²) in [4.78, 5) is 11.4. The maximum absolute atomic E-state index is 12.6. The molecule has 1 aliphatic heterocycles. The molecule has 0 aromatic heterocycles.